The van der Waals surface area contributed by atoms with E-state index >= 15 is 0 Å². The number of aliphatic hydroxyl groups is 2. The van der Waals surface area contributed by atoms with E-state index in [1.54, 1.807) is 0 Å². The second-order valence-corrected chi connectivity index (χ2v) is 6.82. The number of aromatic amines is 1. The van der Waals surface area contributed by atoms with Gasteiger partial charge >= 0.3 is 5.69 Å². The first-order chi connectivity index (χ1) is 15.5. The van der Waals surface area contributed by atoms with Gasteiger partial charge in [-0.1, -0.05) is 0 Å². The second-order valence-electron chi connectivity index (χ2n) is 6.82. The number of aromatic nitrogens is 4. The lowest BCUT2D eigenvalue weighted by Crippen LogP contribution is -2.34. The molecule has 1 aromatic carbocycles. The van der Waals surface area contributed by atoms with Gasteiger partial charge < -0.3 is 25.4 Å². The molecule has 0 saturated carbocycles. The van der Waals surface area contributed by atoms with Gasteiger partial charge in [0.2, 0.25) is 29.2 Å². The van der Waals surface area contributed by atoms with Crippen molar-refractivity contribution in [1.82, 2.24) is 19.5 Å². The maximum absolute atomic E-state index is 14.0. The van der Waals surface area contributed by atoms with Crippen LogP contribution in [-0.2, 0) is 4.74 Å². The molecule has 0 spiro atoms. The second kappa shape index (κ2) is 7.94. The van der Waals surface area contributed by atoms with Gasteiger partial charge in [-0.25, -0.2) is 4.98 Å². The fourth-order valence-electron chi connectivity index (χ4n) is 3.28. The van der Waals surface area contributed by atoms with E-state index in [0.29, 0.717) is 0 Å². The number of rotatable bonds is 5. The van der Waals surface area contributed by atoms with Crippen molar-refractivity contribution in [3.05, 3.63) is 50.1 Å². The number of nitrogens with one attached hydrogen (secondary N) is 1. The van der Waals surface area contributed by atoms with Gasteiger partial charge in [-0.05, 0) is 0 Å². The minimum Gasteiger partial charge on any atom is -0.485 e. The molecule has 17 heteroatoms. The summed E-state index contributed by atoms with van der Waals surface area (Å²) in [5, 5.41) is 31.2. The maximum Gasteiger partial charge on any atom is 0.346 e. The third-order valence-corrected chi connectivity index (χ3v) is 4.84. The predicted molar refractivity (Wildman–Crippen MR) is 96.9 cm³/mol. The number of nitrogens with zero attached hydrogens (tertiary/aromatic N) is 4. The number of hydrogen-bond acceptors (Lipinski definition) is 10. The molecule has 1 saturated heterocycles. The number of nitro groups is 1. The van der Waals surface area contributed by atoms with E-state index in [4.69, 9.17) is 15.2 Å². The first-order valence-corrected chi connectivity index (χ1v) is 8.90. The zero-order valence-corrected chi connectivity index (χ0v) is 15.9. The van der Waals surface area contributed by atoms with Crippen LogP contribution in [0.2, 0.25) is 0 Å². The minimum atomic E-state index is -2.29. The Balaban J connectivity index is 1.60. The van der Waals surface area contributed by atoms with Crippen LogP contribution in [0.1, 0.15) is 6.23 Å². The highest BCUT2D eigenvalue weighted by Gasteiger charge is 2.45. The number of benzene rings is 1. The number of hydrogen-bond donors (Lipinski definition) is 4. The van der Waals surface area contributed by atoms with E-state index in [1.807, 2.05) is 0 Å². The van der Waals surface area contributed by atoms with Gasteiger partial charge in [0, 0.05) is 0 Å². The highest BCUT2D eigenvalue weighted by molar-refractivity contribution is 5.70. The van der Waals surface area contributed by atoms with Crippen LogP contribution >= 0.6 is 0 Å². The summed E-state index contributed by atoms with van der Waals surface area (Å²) < 4.78 is 66.8. The summed E-state index contributed by atoms with van der Waals surface area (Å²) in [5.41, 5.74) is 2.45. The molecule has 2 aromatic heterocycles. The zero-order valence-electron chi connectivity index (χ0n) is 15.9. The standard InChI is InChI=1S/C16H12F4N6O7/c17-4-6(19)12(7(20)5(18)9(4)26(30)31)32-1-3-10(27)11(28)15(33-3)25-2-22-8-13(25)23-16(21)24-14(8)29/h2-3,10-11,15,27-28H,1H2,(H3,21,23,24,29)/t3-,10-,11-,15-/m1/s1. The topological polar surface area (TPSA) is 192 Å². The summed E-state index contributed by atoms with van der Waals surface area (Å²) in [5.74, 6) is -10.8. The van der Waals surface area contributed by atoms with Gasteiger partial charge in [-0.3, -0.25) is 24.5 Å². The Hall–Kier alpha value is -3.83. The largest absolute Gasteiger partial charge is 0.485 e. The third-order valence-electron chi connectivity index (χ3n) is 4.84. The number of nitrogen functional groups attached to an aromatic ring is 1. The summed E-state index contributed by atoms with van der Waals surface area (Å²) in [4.78, 5) is 30.7. The molecule has 1 fully saturated rings. The van der Waals surface area contributed by atoms with Crippen LogP contribution in [0.25, 0.3) is 11.2 Å². The number of imidazole rings is 1. The number of nitro benzene ring substituents is 1. The van der Waals surface area contributed by atoms with Gasteiger partial charge in [0.1, 0.15) is 24.9 Å². The lowest BCUT2D eigenvalue weighted by Gasteiger charge is -2.17. The summed E-state index contributed by atoms with van der Waals surface area (Å²) in [7, 11) is 0. The molecule has 1 aliphatic rings. The summed E-state index contributed by atoms with van der Waals surface area (Å²) in [6.45, 7) is -0.942. The fourth-order valence-corrected chi connectivity index (χ4v) is 3.28. The van der Waals surface area contributed by atoms with E-state index in [2.05, 4.69) is 15.0 Å². The Morgan fingerprint density at radius 3 is 2.45 bits per heavy atom. The van der Waals surface area contributed by atoms with E-state index in [0.717, 1.165) is 10.9 Å². The first-order valence-electron chi connectivity index (χ1n) is 8.90. The first kappa shape index (κ1) is 22.4. The Morgan fingerprint density at radius 1 is 1.21 bits per heavy atom. The molecular formula is C16H12F4N6O7. The smallest absolute Gasteiger partial charge is 0.346 e. The fraction of sp³-hybridized carbons (Fsp3) is 0.312. The highest BCUT2D eigenvalue weighted by Crippen LogP contribution is 2.36. The average Bonchev–Trinajstić information content (AvgIpc) is 3.28. The van der Waals surface area contributed by atoms with Crippen LogP contribution in [-0.4, -0.2) is 59.6 Å². The van der Waals surface area contributed by atoms with Gasteiger partial charge in [-0.2, -0.15) is 22.5 Å². The lowest BCUT2D eigenvalue weighted by atomic mass is 10.1. The van der Waals surface area contributed by atoms with Crippen LogP contribution in [0.5, 0.6) is 5.75 Å². The van der Waals surface area contributed by atoms with Crippen molar-refractivity contribution in [2.24, 2.45) is 0 Å². The summed E-state index contributed by atoms with van der Waals surface area (Å²) in [6, 6.07) is 0. The van der Waals surface area contributed by atoms with Crippen molar-refractivity contribution in [3.8, 4) is 5.75 Å². The predicted octanol–water partition coefficient (Wildman–Crippen LogP) is -0.135. The van der Waals surface area contributed by atoms with Crippen molar-refractivity contribution in [3.63, 3.8) is 0 Å². The normalized spacial score (nSPS) is 22.7. The van der Waals surface area contributed by atoms with Crippen molar-refractivity contribution >= 4 is 22.8 Å². The van der Waals surface area contributed by atoms with E-state index < -0.39 is 76.3 Å². The van der Waals surface area contributed by atoms with Gasteiger partial charge in [0.15, 0.2) is 23.1 Å². The Morgan fingerprint density at radius 2 is 1.85 bits per heavy atom. The number of ether oxygens (including phenoxy) is 2. The highest BCUT2D eigenvalue weighted by atomic mass is 19.2. The molecule has 4 rings (SSSR count). The molecule has 33 heavy (non-hydrogen) atoms. The van der Waals surface area contributed by atoms with Crippen LogP contribution < -0.4 is 16.0 Å². The van der Waals surface area contributed by atoms with E-state index in [1.165, 1.54) is 0 Å². The van der Waals surface area contributed by atoms with E-state index in [-0.39, 0.29) is 17.1 Å². The van der Waals surface area contributed by atoms with Crippen molar-refractivity contribution in [2.45, 2.75) is 24.5 Å². The monoisotopic (exact) mass is 476 g/mol. The van der Waals surface area contributed by atoms with Gasteiger partial charge in [0.25, 0.3) is 5.56 Å². The molecule has 0 amide bonds. The van der Waals surface area contributed by atoms with Crippen LogP contribution in [0, 0.1) is 33.4 Å². The molecule has 13 nitrogen and oxygen atoms in total. The molecule has 1 aliphatic heterocycles. The number of fused-ring (bicyclic) bond motifs is 1. The maximum atomic E-state index is 14.0. The van der Waals surface area contributed by atoms with Gasteiger partial charge in [0.05, 0.1) is 11.3 Å². The number of aliphatic hydroxyl groups excluding tert-OH is 2. The Bertz CT molecular complexity index is 1300. The van der Waals surface area contributed by atoms with Gasteiger partial charge in [-0.15, -0.1) is 0 Å². The Labute approximate surface area is 178 Å². The van der Waals surface area contributed by atoms with Crippen LogP contribution in [0.15, 0.2) is 11.1 Å². The number of halogens is 4. The molecule has 0 aliphatic carbocycles. The van der Waals surface area contributed by atoms with Crippen molar-refractivity contribution < 1.29 is 42.2 Å². The van der Waals surface area contributed by atoms with Crippen LogP contribution in [0.3, 0.4) is 0 Å². The molecule has 4 atom stereocenters. The number of nitrogens with two attached hydrogens (primary N) is 1. The summed E-state index contributed by atoms with van der Waals surface area (Å²) >= 11 is 0. The molecule has 176 valence electrons. The Kier molecular flexibility index (Phi) is 5.38. The average molecular weight is 476 g/mol. The van der Waals surface area contributed by atoms with E-state index in [9.17, 15) is 42.7 Å². The molecule has 0 unspecified atom stereocenters. The van der Waals surface area contributed by atoms with Crippen molar-refractivity contribution in [1.29, 1.82) is 0 Å². The number of H-pyrrole nitrogens is 1. The molecule has 0 bridgehead atoms. The molecule has 3 heterocycles. The third kappa shape index (κ3) is 3.51. The van der Waals surface area contributed by atoms with Crippen molar-refractivity contribution in [2.75, 3.05) is 12.3 Å². The molecule has 0 radical (unpaired) electrons. The SMILES string of the molecule is Nc1nc2c(ncn2[C@@H]2O[C@H](COc3c(F)c(F)c([N+](=O)[O-])c(F)c3F)[C@@H](O)[C@H]2O)c(=O)[nH]1. The summed E-state index contributed by atoms with van der Waals surface area (Å²) in [6.07, 6.45) is -5.32. The minimum absolute atomic E-state index is 0.120. The zero-order chi connectivity index (χ0) is 24.2. The molecular weight excluding hydrogens is 464 g/mol. The molecule has 5 N–H and O–H groups in total. The van der Waals surface area contributed by atoms with Crippen LogP contribution in [0.4, 0.5) is 29.2 Å². The quantitative estimate of drug-likeness (QED) is 0.167. The lowest BCUT2D eigenvalue weighted by molar-refractivity contribution is -0.390. The number of anilines is 1. The molecule has 3 aromatic rings.